The maximum atomic E-state index is 12.7. The maximum Gasteiger partial charge on any atom is 0.330 e. The van der Waals surface area contributed by atoms with E-state index in [-0.39, 0.29) is 18.1 Å². The van der Waals surface area contributed by atoms with Crippen molar-refractivity contribution in [1.29, 1.82) is 0 Å². The molecule has 0 aromatic heterocycles. The molecule has 1 amide bonds. The molecule has 0 aliphatic carbocycles. The molecular weight excluding hydrogens is 269 g/mol. The number of carboxylic acid groups (broad SMARTS) is 1. The summed E-state index contributed by atoms with van der Waals surface area (Å²) >= 11 is 1.51. The fourth-order valence-corrected chi connectivity index (χ4v) is 3.31. The average molecular weight is 283 g/mol. The second kappa shape index (κ2) is 5.61. The van der Waals surface area contributed by atoms with E-state index in [1.165, 1.54) is 36.0 Å². The van der Waals surface area contributed by atoms with Gasteiger partial charge in [-0.3, -0.25) is 4.79 Å². The van der Waals surface area contributed by atoms with Crippen molar-refractivity contribution in [2.75, 3.05) is 11.5 Å². The molecule has 1 atom stereocenters. The molecule has 19 heavy (non-hydrogen) atoms. The zero-order valence-corrected chi connectivity index (χ0v) is 11.0. The Morgan fingerprint density at radius 3 is 2.58 bits per heavy atom. The van der Waals surface area contributed by atoms with Crippen LogP contribution in [0.25, 0.3) is 0 Å². The molecule has 1 fully saturated rings. The molecule has 1 heterocycles. The molecule has 0 radical (unpaired) electrons. The third-order valence-electron chi connectivity index (χ3n) is 3.09. The van der Waals surface area contributed by atoms with Gasteiger partial charge in [-0.25, -0.2) is 9.18 Å². The minimum atomic E-state index is -1.15. The molecule has 0 bridgehead atoms. The highest BCUT2D eigenvalue weighted by Crippen LogP contribution is 2.28. The van der Waals surface area contributed by atoms with Gasteiger partial charge in [0.1, 0.15) is 11.4 Å². The molecule has 1 aromatic carbocycles. The van der Waals surface area contributed by atoms with Crippen molar-refractivity contribution in [3.63, 3.8) is 0 Å². The van der Waals surface area contributed by atoms with E-state index in [9.17, 15) is 19.1 Å². The summed E-state index contributed by atoms with van der Waals surface area (Å²) < 4.78 is 12.7. The van der Waals surface area contributed by atoms with E-state index in [0.29, 0.717) is 17.7 Å². The van der Waals surface area contributed by atoms with Crippen molar-refractivity contribution in [3.8, 4) is 0 Å². The van der Waals surface area contributed by atoms with Crippen molar-refractivity contribution in [3.05, 3.63) is 35.6 Å². The van der Waals surface area contributed by atoms with Gasteiger partial charge in [0.25, 0.3) is 0 Å². The van der Waals surface area contributed by atoms with Crippen molar-refractivity contribution < 1.29 is 19.1 Å². The molecule has 0 unspecified atom stereocenters. The van der Waals surface area contributed by atoms with E-state index in [1.54, 1.807) is 0 Å². The maximum absolute atomic E-state index is 12.7. The van der Waals surface area contributed by atoms with E-state index in [1.807, 2.05) is 0 Å². The Labute approximate surface area is 114 Å². The van der Waals surface area contributed by atoms with Crippen molar-refractivity contribution in [2.24, 2.45) is 0 Å². The van der Waals surface area contributed by atoms with Crippen LogP contribution in [-0.4, -0.2) is 34.0 Å². The monoisotopic (exact) mass is 283 g/mol. The number of amides is 1. The van der Waals surface area contributed by atoms with Crippen LogP contribution >= 0.6 is 11.8 Å². The largest absolute Gasteiger partial charge is 0.479 e. The summed E-state index contributed by atoms with van der Waals surface area (Å²) in [6, 6.07) is 5.60. The fraction of sp³-hybridized carbons (Fsp3) is 0.385. The first-order chi connectivity index (χ1) is 9.02. The lowest BCUT2D eigenvalue weighted by atomic mass is 9.98. The van der Waals surface area contributed by atoms with Gasteiger partial charge >= 0.3 is 5.97 Å². The minimum Gasteiger partial charge on any atom is -0.479 e. The number of hydrogen-bond donors (Lipinski definition) is 2. The van der Waals surface area contributed by atoms with Gasteiger partial charge in [0.15, 0.2) is 0 Å². The molecule has 2 rings (SSSR count). The Morgan fingerprint density at radius 2 is 2.05 bits per heavy atom. The number of carbonyl (C=O) groups excluding carboxylic acids is 1. The first-order valence-electron chi connectivity index (χ1n) is 5.88. The lowest BCUT2D eigenvalue weighted by Gasteiger charge is -2.24. The number of aliphatic carboxylic acids is 1. The third-order valence-corrected chi connectivity index (χ3v) is 4.28. The topological polar surface area (TPSA) is 66.4 Å². The number of rotatable bonds is 4. The second-order valence-corrected chi connectivity index (χ2v) is 5.65. The number of benzene rings is 1. The van der Waals surface area contributed by atoms with Gasteiger partial charge in [-0.2, -0.15) is 11.8 Å². The quantitative estimate of drug-likeness (QED) is 0.877. The van der Waals surface area contributed by atoms with Gasteiger partial charge in [-0.1, -0.05) is 12.1 Å². The number of nitrogens with one attached hydrogen (secondary N) is 1. The van der Waals surface area contributed by atoms with Crippen molar-refractivity contribution in [2.45, 2.75) is 18.4 Å². The summed E-state index contributed by atoms with van der Waals surface area (Å²) in [5.41, 5.74) is -0.494. The molecular formula is C13H14FNO3S. The fourth-order valence-electron chi connectivity index (χ4n) is 1.98. The number of halogens is 1. The molecule has 0 spiro atoms. The lowest BCUT2D eigenvalue weighted by molar-refractivity contribution is -0.146. The SMILES string of the molecule is O=C(Cc1ccc(F)cc1)N[C@]1(C(=O)O)CCSC1. The normalized spacial score (nSPS) is 22.2. The van der Waals surface area contributed by atoms with Crippen LogP contribution in [0.15, 0.2) is 24.3 Å². The van der Waals surface area contributed by atoms with Crippen molar-refractivity contribution >= 4 is 23.6 Å². The highest BCUT2D eigenvalue weighted by Gasteiger charge is 2.43. The van der Waals surface area contributed by atoms with Crippen LogP contribution in [0.5, 0.6) is 0 Å². The zero-order valence-electron chi connectivity index (χ0n) is 10.2. The minimum absolute atomic E-state index is 0.0555. The molecule has 1 aliphatic rings. The van der Waals surface area contributed by atoms with Crippen LogP contribution in [-0.2, 0) is 16.0 Å². The van der Waals surface area contributed by atoms with E-state index >= 15 is 0 Å². The average Bonchev–Trinajstić information content (AvgIpc) is 2.82. The first kappa shape index (κ1) is 13.9. The highest BCUT2D eigenvalue weighted by molar-refractivity contribution is 7.99. The summed E-state index contributed by atoms with van der Waals surface area (Å²) in [6.45, 7) is 0. The Balaban J connectivity index is 2.00. The summed E-state index contributed by atoms with van der Waals surface area (Å²) in [5.74, 6) is -0.597. The van der Waals surface area contributed by atoms with Crippen LogP contribution in [0.3, 0.4) is 0 Å². The molecule has 1 saturated heterocycles. The second-order valence-electron chi connectivity index (χ2n) is 4.54. The van der Waals surface area contributed by atoms with Gasteiger partial charge in [0.2, 0.25) is 5.91 Å². The highest BCUT2D eigenvalue weighted by atomic mass is 32.2. The van der Waals surface area contributed by atoms with Gasteiger partial charge < -0.3 is 10.4 Å². The molecule has 2 N–H and O–H groups in total. The lowest BCUT2D eigenvalue weighted by Crippen LogP contribution is -2.55. The third kappa shape index (κ3) is 3.26. The van der Waals surface area contributed by atoms with Crippen LogP contribution < -0.4 is 5.32 Å². The van der Waals surface area contributed by atoms with Gasteiger partial charge in [-0.15, -0.1) is 0 Å². The van der Waals surface area contributed by atoms with E-state index in [2.05, 4.69) is 5.32 Å². The van der Waals surface area contributed by atoms with E-state index < -0.39 is 11.5 Å². The summed E-state index contributed by atoms with van der Waals surface area (Å²) in [7, 11) is 0. The molecule has 1 aromatic rings. The Morgan fingerprint density at radius 1 is 1.37 bits per heavy atom. The Bertz CT molecular complexity index is 483. The van der Waals surface area contributed by atoms with Gasteiger partial charge in [-0.05, 0) is 29.9 Å². The zero-order chi connectivity index (χ0) is 13.9. The molecule has 1 aliphatic heterocycles. The molecule has 4 nitrogen and oxygen atoms in total. The van der Waals surface area contributed by atoms with E-state index in [4.69, 9.17) is 0 Å². The molecule has 6 heteroatoms. The summed E-state index contributed by atoms with van der Waals surface area (Å²) in [6.07, 6.45) is 0.488. The summed E-state index contributed by atoms with van der Waals surface area (Å²) in [4.78, 5) is 23.2. The standard InChI is InChI=1S/C13H14FNO3S/c14-10-3-1-9(2-4-10)7-11(16)15-13(12(17)18)5-6-19-8-13/h1-4H,5-8H2,(H,15,16)(H,17,18)/t13-/m1/s1. The number of carbonyl (C=O) groups is 2. The van der Waals surface area contributed by atoms with Crippen LogP contribution in [0.4, 0.5) is 4.39 Å². The van der Waals surface area contributed by atoms with Crippen LogP contribution in [0, 0.1) is 5.82 Å². The van der Waals surface area contributed by atoms with Gasteiger partial charge in [0, 0.05) is 5.75 Å². The number of hydrogen-bond acceptors (Lipinski definition) is 3. The predicted molar refractivity (Wildman–Crippen MR) is 70.6 cm³/mol. The first-order valence-corrected chi connectivity index (χ1v) is 7.04. The number of thioether (sulfide) groups is 1. The molecule has 102 valence electrons. The smallest absolute Gasteiger partial charge is 0.330 e. The van der Waals surface area contributed by atoms with Crippen LogP contribution in [0.1, 0.15) is 12.0 Å². The van der Waals surface area contributed by atoms with E-state index in [0.717, 1.165) is 5.75 Å². The summed E-state index contributed by atoms with van der Waals surface area (Å²) in [5, 5.41) is 11.8. The van der Waals surface area contributed by atoms with Gasteiger partial charge in [0.05, 0.1) is 6.42 Å². The number of carboxylic acids is 1. The van der Waals surface area contributed by atoms with Crippen LogP contribution in [0.2, 0.25) is 0 Å². The molecule has 0 saturated carbocycles. The van der Waals surface area contributed by atoms with Crippen molar-refractivity contribution in [1.82, 2.24) is 5.32 Å². The Hall–Kier alpha value is -1.56. The Kier molecular flexibility index (Phi) is 4.09. The predicted octanol–water partition coefficient (Wildman–Crippen LogP) is 1.44.